The van der Waals surface area contributed by atoms with E-state index in [0.29, 0.717) is 39.3 Å². The molecule has 2 heterocycles. The highest BCUT2D eigenvalue weighted by Crippen LogP contribution is 2.26. The molecule has 1 fully saturated rings. The molecule has 0 aliphatic carbocycles. The number of aryl methyl sites for hydroxylation is 1. The minimum Gasteiger partial charge on any atom is -0.326 e. The molecule has 2 aromatic rings. The van der Waals surface area contributed by atoms with Gasteiger partial charge in [0.15, 0.2) is 0 Å². The van der Waals surface area contributed by atoms with Crippen molar-refractivity contribution in [3.63, 3.8) is 0 Å². The van der Waals surface area contributed by atoms with Gasteiger partial charge in [0.25, 0.3) is 5.91 Å². The molecule has 1 aromatic carbocycles. The molecule has 5 nitrogen and oxygen atoms in total. The lowest BCUT2D eigenvalue weighted by molar-refractivity contribution is -0.119. The number of thiazole rings is 1. The zero-order valence-electron chi connectivity index (χ0n) is 12.9. The second-order valence-corrected chi connectivity index (χ2v) is 7.30. The monoisotopic (exact) mass is 383 g/mol. The third-order valence-electron chi connectivity index (χ3n) is 3.89. The summed E-state index contributed by atoms with van der Waals surface area (Å²) in [6.07, 6.45) is 1.42. The fourth-order valence-corrected chi connectivity index (χ4v) is 4.06. The van der Waals surface area contributed by atoms with Gasteiger partial charge in [0.2, 0.25) is 5.91 Å². The van der Waals surface area contributed by atoms with Crippen molar-refractivity contribution in [3.8, 4) is 0 Å². The Morgan fingerprint density at radius 3 is 2.62 bits per heavy atom. The van der Waals surface area contributed by atoms with Gasteiger partial charge in [-0.1, -0.05) is 23.2 Å². The lowest BCUT2D eigenvalue weighted by atomic mass is 10.2. The van der Waals surface area contributed by atoms with Crippen LogP contribution in [0, 0.1) is 6.92 Å². The van der Waals surface area contributed by atoms with Crippen LogP contribution in [0.3, 0.4) is 0 Å². The molecular weight excluding hydrogens is 369 g/mol. The van der Waals surface area contributed by atoms with E-state index in [1.165, 1.54) is 11.3 Å². The Bertz CT molecular complexity index is 773. The summed E-state index contributed by atoms with van der Waals surface area (Å²) in [5.74, 6) is -0.377. The topological polar surface area (TPSA) is 62.3 Å². The Balaban J connectivity index is 1.76. The molecule has 1 atom stereocenters. The van der Waals surface area contributed by atoms with Crippen molar-refractivity contribution in [2.45, 2.75) is 25.8 Å². The first-order valence-corrected chi connectivity index (χ1v) is 9.07. The molecule has 2 amide bonds. The van der Waals surface area contributed by atoms with Crippen molar-refractivity contribution in [2.75, 3.05) is 11.9 Å². The number of hydrogen-bond donors (Lipinski definition) is 1. The highest BCUT2D eigenvalue weighted by atomic mass is 35.5. The first-order chi connectivity index (χ1) is 11.5. The van der Waals surface area contributed by atoms with Gasteiger partial charge >= 0.3 is 0 Å². The van der Waals surface area contributed by atoms with E-state index in [1.807, 2.05) is 0 Å². The number of nitrogens with zero attached hydrogens (tertiary/aromatic N) is 2. The quantitative estimate of drug-likeness (QED) is 0.870. The minimum atomic E-state index is -0.503. The molecule has 1 unspecified atom stereocenters. The first-order valence-electron chi connectivity index (χ1n) is 7.43. The Hall–Kier alpha value is -1.63. The van der Waals surface area contributed by atoms with Crippen molar-refractivity contribution in [3.05, 3.63) is 44.3 Å². The summed E-state index contributed by atoms with van der Waals surface area (Å²) in [6.45, 7) is 2.35. The van der Waals surface area contributed by atoms with Crippen LogP contribution < -0.4 is 5.32 Å². The number of rotatable bonds is 3. The van der Waals surface area contributed by atoms with Crippen LogP contribution in [0.4, 0.5) is 5.69 Å². The van der Waals surface area contributed by atoms with Crippen LogP contribution in [0.5, 0.6) is 0 Å². The average Bonchev–Trinajstić information content (AvgIpc) is 3.14. The van der Waals surface area contributed by atoms with E-state index in [2.05, 4.69) is 10.3 Å². The lowest BCUT2D eigenvalue weighted by Crippen LogP contribution is -2.43. The third kappa shape index (κ3) is 3.55. The van der Waals surface area contributed by atoms with Crippen LogP contribution in [0.25, 0.3) is 0 Å². The van der Waals surface area contributed by atoms with Crippen LogP contribution >= 0.6 is 34.5 Å². The number of carbonyl (C=O) groups excluding carboxylic acids is 2. The van der Waals surface area contributed by atoms with E-state index >= 15 is 0 Å². The highest BCUT2D eigenvalue weighted by molar-refractivity contribution is 7.11. The molecule has 1 aromatic heterocycles. The van der Waals surface area contributed by atoms with E-state index in [4.69, 9.17) is 23.2 Å². The normalized spacial score (nSPS) is 17.1. The fourth-order valence-electron chi connectivity index (χ4n) is 2.77. The van der Waals surface area contributed by atoms with Crippen molar-refractivity contribution < 1.29 is 9.59 Å². The van der Waals surface area contributed by atoms with Gasteiger partial charge in [-0.05, 0) is 38.0 Å². The second-order valence-electron chi connectivity index (χ2n) is 5.57. The maximum atomic E-state index is 12.7. The van der Waals surface area contributed by atoms with Crippen molar-refractivity contribution in [1.82, 2.24) is 9.88 Å². The second kappa shape index (κ2) is 7.09. The lowest BCUT2D eigenvalue weighted by Gasteiger charge is -2.23. The van der Waals surface area contributed by atoms with Crippen LogP contribution in [-0.2, 0) is 4.79 Å². The van der Waals surface area contributed by atoms with Crippen molar-refractivity contribution >= 4 is 52.0 Å². The number of halogens is 2. The fraction of sp³-hybridized carbons (Fsp3) is 0.312. The Kier molecular flexibility index (Phi) is 5.08. The summed E-state index contributed by atoms with van der Waals surface area (Å²) in [6, 6.07) is 4.34. The Morgan fingerprint density at radius 1 is 1.29 bits per heavy atom. The molecule has 0 saturated carbocycles. The Morgan fingerprint density at radius 2 is 2.00 bits per heavy atom. The molecule has 1 saturated heterocycles. The smallest absolute Gasteiger partial charge is 0.266 e. The van der Waals surface area contributed by atoms with Gasteiger partial charge in [-0.15, -0.1) is 11.3 Å². The Labute approximate surface area is 153 Å². The number of carbonyl (C=O) groups is 2. The van der Waals surface area contributed by atoms with Gasteiger partial charge in [0.1, 0.15) is 10.9 Å². The standard InChI is InChI=1S/C16H15Cl2N3O2S/c1-9-14(24-8-19-9)16(23)21-4-2-3-13(21)15(22)20-12-6-10(17)5-11(18)7-12/h5-8,13H,2-4H2,1H3,(H,20,22). The molecule has 1 aliphatic rings. The third-order valence-corrected chi connectivity index (χ3v) is 5.24. The summed E-state index contributed by atoms with van der Waals surface area (Å²) in [5, 5.41) is 3.68. The molecule has 24 heavy (non-hydrogen) atoms. The van der Waals surface area contributed by atoms with E-state index in [-0.39, 0.29) is 11.8 Å². The maximum absolute atomic E-state index is 12.7. The van der Waals surface area contributed by atoms with E-state index in [1.54, 1.807) is 35.5 Å². The van der Waals surface area contributed by atoms with Crippen LogP contribution in [0.15, 0.2) is 23.7 Å². The number of hydrogen-bond acceptors (Lipinski definition) is 4. The number of likely N-dealkylation sites (tertiary alicyclic amines) is 1. The molecule has 3 rings (SSSR count). The summed E-state index contributed by atoms with van der Waals surface area (Å²) in [7, 11) is 0. The van der Waals surface area contributed by atoms with Gasteiger partial charge in [-0.3, -0.25) is 9.59 Å². The minimum absolute atomic E-state index is 0.142. The van der Waals surface area contributed by atoms with Crippen LogP contribution in [-0.4, -0.2) is 34.3 Å². The van der Waals surface area contributed by atoms with Gasteiger partial charge in [-0.25, -0.2) is 4.98 Å². The predicted octanol–water partition coefficient (Wildman–Crippen LogP) is 4.00. The van der Waals surface area contributed by atoms with E-state index in [9.17, 15) is 9.59 Å². The average molecular weight is 384 g/mol. The van der Waals surface area contributed by atoms with E-state index < -0.39 is 6.04 Å². The SMILES string of the molecule is Cc1ncsc1C(=O)N1CCCC1C(=O)Nc1cc(Cl)cc(Cl)c1. The number of benzene rings is 1. The molecule has 1 aliphatic heterocycles. The molecule has 0 radical (unpaired) electrons. The van der Waals surface area contributed by atoms with Crippen molar-refractivity contribution in [2.24, 2.45) is 0 Å². The number of nitrogens with one attached hydrogen (secondary N) is 1. The molecular formula is C16H15Cl2N3O2S. The number of aromatic nitrogens is 1. The summed E-state index contributed by atoms with van der Waals surface area (Å²) >= 11 is 13.2. The molecule has 8 heteroatoms. The molecule has 126 valence electrons. The summed E-state index contributed by atoms with van der Waals surface area (Å²) in [4.78, 5) is 31.6. The zero-order valence-corrected chi connectivity index (χ0v) is 15.2. The van der Waals surface area contributed by atoms with Gasteiger partial charge < -0.3 is 10.2 Å². The molecule has 0 spiro atoms. The maximum Gasteiger partial charge on any atom is 0.266 e. The number of anilines is 1. The van der Waals surface area contributed by atoms with Gasteiger partial charge in [0, 0.05) is 22.3 Å². The van der Waals surface area contributed by atoms with Crippen molar-refractivity contribution in [1.29, 1.82) is 0 Å². The predicted molar refractivity (Wildman–Crippen MR) is 96.0 cm³/mol. The largest absolute Gasteiger partial charge is 0.326 e. The van der Waals surface area contributed by atoms with E-state index in [0.717, 1.165) is 6.42 Å². The molecule has 0 bridgehead atoms. The first kappa shape index (κ1) is 17.2. The summed E-state index contributed by atoms with van der Waals surface area (Å²) in [5.41, 5.74) is 2.85. The molecule has 1 N–H and O–H groups in total. The van der Waals surface area contributed by atoms with Gasteiger partial charge in [-0.2, -0.15) is 0 Å². The van der Waals surface area contributed by atoms with Crippen LogP contribution in [0.2, 0.25) is 10.0 Å². The zero-order chi connectivity index (χ0) is 17.3. The summed E-state index contributed by atoms with van der Waals surface area (Å²) < 4.78 is 0. The highest BCUT2D eigenvalue weighted by Gasteiger charge is 2.35. The van der Waals surface area contributed by atoms with Gasteiger partial charge in [0.05, 0.1) is 11.2 Å². The van der Waals surface area contributed by atoms with Crippen LogP contribution in [0.1, 0.15) is 28.2 Å². The number of amides is 2.